The molecule has 1 fully saturated rings. The van der Waals surface area contributed by atoms with Gasteiger partial charge in [0, 0.05) is 13.2 Å². The molecule has 0 bridgehead atoms. The van der Waals surface area contributed by atoms with Gasteiger partial charge in [-0.15, -0.1) is 0 Å². The van der Waals surface area contributed by atoms with Crippen molar-refractivity contribution in [2.24, 2.45) is 0 Å². The van der Waals surface area contributed by atoms with Crippen LogP contribution in [0.3, 0.4) is 0 Å². The highest BCUT2D eigenvalue weighted by Crippen LogP contribution is 2.11. The Kier molecular flexibility index (Phi) is 6.07. The fourth-order valence-electron chi connectivity index (χ4n) is 2.26. The van der Waals surface area contributed by atoms with Gasteiger partial charge in [0.2, 0.25) is 0 Å². The van der Waals surface area contributed by atoms with Crippen molar-refractivity contribution < 1.29 is 18.3 Å². The SMILES string of the molecule is O=C(NCCCOC1CCNCC1)c1cccc(F)c1F. The Balaban J connectivity index is 1.66. The molecule has 0 saturated carbocycles. The largest absolute Gasteiger partial charge is 0.378 e. The first-order valence-corrected chi connectivity index (χ1v) is 7.23. The second kappa shape index (κ2) is 8.05. The third kappa shape index (κ3) is 4.75. The number of nitrogens with one attached hydrogen (secondary N) is 2. The van der Waals surface area contributed by atoms with E-state index in [2.05, 4.69) is 10.6 Å². The molecule has 1 aliphatic rings. The molecule has 0 unspecified atom stereocenters. The van der Waals surface area contributed by atoms with Crippen LogP contribution in [0.15, 0.2) is 18.2 Å². The summed E-state index contributed by atoms with van der Waals surface area (Å²) in [5.74, 6) is -2.73. The quantitative estimate of drug-likeness (QED) is 0.788. The second-order valence-electron chi connectivity index (χ2n) is 5.03. The van der Waals surface area contributed by atoms with Crippen LogP contribution < -0.4 is 10.6 Å². The second-order valence-corrected chi connectivity index (χ2v) is 5.03. The molecule has 21 heavy (non-hydrogen) atoms. The molecule has 116 valence electrons. The predicted octanol–water partition coefficient (Wildman–Crippen LogP) is 1.85. The zero-order chi connectivity index (χ0) is 15.1. The zero-order valence-corrected chi connectivity index (χ0v) is 11.8. The molecule has 0 radical (unpaired) electrons. The summed E-state index contributed by atoms with van der Waals surface area (Å²) in [6.07, 6.45) is 2.93. The van der Waals surface area contributed by atoms with E-state index in [1.54, 1.807) is 0 Å². The van der Waals surface area contributed by atoms with E-state index >= 15 is 0 Å². The standard InChI is InChI=1S/C15H20F2N2O2/c16-13-4-1-3-12(14(13)17)15(20)19-7-2-10-21-11-5-8-18-9-6-11/h1,3-4,11,18H,2,5-10H2,(H,19,20). The molecule has 0 aliphatic carbocycles. The Morgan fingerprint density at radius 2 is 2.10 bits per heavy atom. The molecule has 2 rings (SSSR count). The van der Waals surface area contributed by atoms with Gasteiger partial charge in [-0.2, -0.15) is 0 Å². The van der Waals surface area contributed by atoms with Gasteiger partial charge in [-0.3, -0.25) is 4.79 Å². The van der Waals surface area contributed by atoms with Crippen molar-refractivity contribution >= 4 is 5.91 Å². The maximum Gasteiger partial charge on any atom is 0.254 e. The summed E-state index contributed by atoms with van der Waals surface area (Å²) in [6, 6.07) is 3.56. The van der Waals surface area contributed by atoms with E-state index in [9.17, 15) is 13.6 Å². The highest BCUT2D eigenvalue weighted by molar-refractivity contribution is 5.94. The lowest BCUT2D eigenvalue weighted by Crippen LogP contribution is -2.33. The molecule has 0 atom stereocenters. The Labute approximate surface area is 122 Å². The van der Waals surface area contributed by atoms with Gasteiger partial charge >= 0.3 is 0 Å². The van der Waals surface area contributed by atoms with Crippen LogP contribution in [0.1, 0.15) is 29.6 Å². The number of rotatable bonds is 6. The van der Waals surface area contributed by atoms with Gasteiger partial charge in [-0.25, -0.2) is 8.78 Å². The van der Waals surface area contributed by atoms with E-state index in [1.165, 1.54) is 12.1 Å². The molecule has 6 heteroatoms. The first-order chi connectivity index (χ1) is 10.2. The molecule has 1 heterocycles. The fraction of sp³-hybridized carbons (Fsp3) is 0.533. The van der Waals surface area contributed by atoms with Gasteiger partial charge in [-0.1, -0.05) is 6.07 Å². The molecule has 1 aromatic carbocycles. The van der Waals surface area contributed by atoms with Crippen LogP contribution in [0.5, 0.6) is 0 Å². The number of hydrogen-bond donors (Lipinski definition) is 2. The molecule has 4 nitrogen and oxygen atoms in total. The van der Waals surface area contributed by atoms with Gasteiger partial charge in [-0.05, 0) is 44.5 Å². The fourth-order valence-corrected chi connectivity index (χ4v) is 2.26. The van der Waals surface area contributed by atoms with Crippen LogP contribution in [0.2, 0.25) is 0 Å². The minimum atomic E-state index is -1.11. The van der Waals surface area contributed by atoms with Crippen LogP contribution in [0, 0.1) is 11.6 Å². The third-order valence-electron chi connectivity index (χ3n) is 3.44. The average molecular weight is 298 g/mol. The monoisotopic (exact) mass is 298 g/mol. The van der Waals surface area contributed by atoms with Crippen LogP contribution in [0.4, 0.5) is 8.78 Å². The topological polar surface area (TPSA) is 50.4 Å². The van der Waals surface area contributed by atoms with Gasteiger partial charge in [0.05, 0.1) is 11.7 Å². The van der Waals surface area contributed by atoms with Crippen molar-refractivity contribution in [3.05, 3.63) is 35.4 Å². The van der Waals surface area contributed by atoms with Crippen molar-refractivity contribution in [1.82, 2.24) is 10.6 Å². The Morgan fingerprint density at radius 1 is 1.33 bits per heavy atom. The minimum Gasteiger partial charge on any atom is -0.378 e. The number of carbonyl (C=O) groups excluding carboxylic acids is 1. The van der Waals surface area contributed by atoms with E-state index in [4.69, 9.17) is 4.74 Å². The van der Waals surface area contributed by atoms with Crippen LogP contribution >= 0.6 is 0 Å². The molecule has 1 aromatic rings. The molecule has 1 saturated heterocycles. The molecular formula is C15H20F2N2O2. The Bertz CT molecular complexity index is 477. The first-order valence-electron chi connectivity index (χ1n) is 7.23. The molecule has 1 aliphatic heterocycles. The third-order valence-corrected chi connectivity index (χ3v) is 3.44. The lowest BCUT2D eigenvalue weighted by atomic mass is 10.1. The van der Waals surface area contributed by atoms with E-state index in [0.717, 1.165) is 32.0 Å². The average Bonchev–Trinajstić information content (AvgIpc) is 2.50. The maximum absolute atomic E-state index is 13.4. The predicted molar refractivity (Wildman–Crippen MR) is 75.2 cm³/mol. The lowest BCUT2D eigenvalue weighted by Gasteiger charge is -2.22. The summed E-state index contributed by atoms with van der Waals surface area (Å²) in [5.41, 5.74) is -0.269. The highest BCUT2D eigenvalue weighted by atomic mass is 19.2. The van der Waals surface area contributed by atoms with E-state index in [1.807, 2.05) is 0 Å². The number of piperidine rings is 1. The Hall–Kier alpha value is -1.53. The number of carbonyl (C=O) groups is 1. The van der Waals surface area contributed by atoms with Gasteiger partial charge in [0.1, 0.15) is 0 Å². The van der Waals surface area contributed by atoms with E-state index in [-0.39, 0.29) is 11.7 Å². The first kappa shape index (κ1) is 15.9. The molecule has 0 aromatic heterocycles. The number of hydrogen-bond acceptors (Lipinski definition) is 3. The summed E-state index contributed by atoms with van der Waals surface area (Å²) in [4.78, 5) is 11.7. The molecule has 1 amide bonds. The molecule has 0 spiro atoms. The number of ether oxygens (including phenoxy) is 1. The van der Waals surface area contributed by atoms with Crippen LogP contribution in [0.25, 0.3) is 0 Å². The normalized spacial score (nSPS) is 15.9. The molecule has 2 N–H and O–H groups in total. The van der Waals surface area contributed by atoms with Crippen LogP contribution in [-0.2, 0) is 4.74 Å². The van der Waals surface area contributed by atoms with Crippen molar-refractivity contribution in [1.29, 1.82) is 0 Å². The maximum atomic E-state index is 13.4. The van der Waals surface area contributed by atoms with E-state index < -0.39 is 17.5 Å². The van der Waals surface area contributed by atoms with Gasteiger partial charge in [0.25, 0.3) is 5.91 Å². The van der Waals surface area contributed by atoms with E-state index in [0.29, 0.717) is 19.6 Å². The zero-order valence-electron chi connectivity index (χ0n) is 11.8. The number of halogens is 2. The highest BCUT2D eigenvalue weighted by Gasteiger charge is 2.15. The van der Waals surface area contributed by atoms with Gasteiger partial charge in [0.15, 0.2) is 11.6 Å². The Morgan fingerprint density at radius 3 is 2.86 bits per heavy atom. The van der Waals surface area contributed by atoms with Crippen LogP contribution in [-0.4, -0.2) is 38.3 Å². The number of amides is 1. The molecular weight excluding hydrogens is 278 g/mol. The van der Waals surface area contributed by atoms with Gasteiger partial charge < -0.3 is 15.4 Å². The van der Waals surface area contributed by atoms with Crippen molar-refractivity contribution in [2.75, 3.05) is 26.2 Å². The summed E-state index contributed by atoms with van der Waals surface area (Å²) < 4.78 is 32.1. The summed E-state index contributed by atoms with van der Waals surface area (Å²) in [5, 5.41) is 5.82. The van der Waals surface area contributed by atoms with Crippen molar-refractivity contribution in [3.63, 3.8) is 0 Å². The smallest absolute Gasteiger partial charge is 0.254 e. The summed E-state index contributed by atoms with van der Waals surface area (Å²) in [6.45, 7) is 2.87. The summed E-state index contributed by atoms with van der Waals surface area (Å²) in [7, 11) is 0. The minimum absolute atomic E-state index is 0.269. The lowest BCUT2D eigenvalue weighted by molar-refractivity contribution is 0.0317. The van der Waals surface area contributed by atoms with Crippen molar-refractivity contribution in [3.8, 4) is 0 Å². The van der Waals surface area contributed by atoms with Crippen molar-refractivity contribution in [2.45, 2.75) is 25.4 Å². The summed E-state index contributed by atoms with van der Waals surface area (Å²) >= 11 is 0. The number of benzene rings is 1.